The Bertz CT molecular complexity index is 1290. The summed E-state index contributed by atoms with van der Waals surface area (Å²) >= 11 is 0. The average Bonchev–Trinajstić information content (AvgIpc) is 3.44. The second kappa shape index (κ2) is 7.86. The third kappa shape index (κ3) is 3.73. The van der Waals surface area contributed by atoms with Crippen molar-refractivity contribution in [3.63, 3.8) is 0 Å². The number of aryl methyl sites for hydroxylation is 1. The molecule has 0 unspecified atom stereocenters. The Kier molecular flexibility index (Phi) is 5.14. The zero-order valence-electron chi connectivity index (χ0n) is 17.7. The minimum atomic E-state index is -4.08. The van der Waals surface area contributed by atoms with E-state index >= 15 is 0 Å². The largest absolute Gasteiger partial charge is 0.488 e. The van der Waals surface area contributed by atoms with Crippen LogP contribution < -0.4 is 9.46 Å². The Morgan fingerprint density at radius 2 is 2.03 bits per heavy atom. The summed E-state index contributed by atoms with van der Waals surface area (Å²) in [5, 5.41) is 0.473. The number of fused-ring (bicyclic) bond motifs is 1. The highest BCUT2D eigenvalue weighted by Crippen LogP contribution is 2.52. The van der Waals surface area contributed by atoms with Crippen LogP contribution in [0.4, 0.5) is 0 Å². The molecule has 2 aromatic carbocycles. The maximum Gasteiger partial charge on any atom is 0.264 e. The van der Waals surface area contributed by atoms with Crippen molar-refractivity contribution in [1.82, 2.24) is 9.71 Å². The molecule has 1 atom stereocenters. The van der Waals surface area contributed by atoms with Gasteiger partial charge in [-0.1, -0.05) is 23.8 Å². The van der Waals surface area contributed by atoms with Gasteiger partial charge in [-0.25, -0.2) is 13.1 Å². The quantitative estimate of drug-likeness (QED) is 0.617. The number of ether oxygens (including phenoxy) is 2. The molecule has 5 rings (SSSR count). The predicted molar refractivity (Wildman–Crippen MR) is 119 cm³/mol. The van der Waals surface area contributed by atoms with Crippen molar-refractivity contribution in [2.45, 2.75) is 42.6 Å². The molecular formula is C24H24N2O5S. The molecule has 1 aliphatic carbocycles. The highest BCUT2D eigenvalue weighted by atomic mass is 32.2. The summed E-state index contributed by atoms with van der Waals surface area (Å²) in [5.74, 6) is 0.0852. The Morgan fingerprint density at radius 1 is 1.19 bits per heavy atom. The highest BCUT2D eigenvalue weighted by molar-refractivity contribution is 7.90. The average molecular weight is 453 g/mol. The first kappa shape index (κ1) is 20.9. The van der Waals surface area contributed by atoms with Gasteiger partial charge in [0.1, 0.15) is 11.9 Å². The molecule has 166 valence electrons. The van der Waals surface area contributed by atoms with E-state index in [2.05, 4.69) is 9.71 Å². The lowest BCUT2D eigenvalue weighted by atomic mass is 9.93. The lowest BCUT2D eigenvalue weighted by molar-refractivity contribution is -0.121. The molecule has 32 heavy (non-hydrogen) atoms. The topological polar surface area (TPSA) is 94.6 Å². The van der Waals surface area contributed by atoms with Gasteiger partial charge >= 0.3 is 0 Å². The summed E-state index contributed by atoms with van der Waals surface area (Å²) < 4.78 is 40.3. The summed E-state index contributed by atoms with van der Waals surface area (Å²) in [5.41, 5.74) is 1.35. The number of carbonyl (C=O) groups is 1. The number of hydrogen-bond donors (Lipinski definition) is 1. The van der Waals surface area contributed by atoms with Crippen molar-refractivity contribution in [1.29, 1.82) is 0 Å². The van der Waals surface area contributed by atoms with Crippen LogP contribution in [0.2, 0.25) is 0 Å². The van der Waals surface area contributed by atoms with E-state index in [1.54, 1.807) is 30.5 Å². The highest BCUT2D eigenvalue weighted by Gasteiger charge is 2.54. The first-order chi connectivity index (χ1) is 15.4. The Labute approximate surface area is 186 Å². The second-order valence-corrected chi connectivity index (χ2v) is 10.1. The van der Waals surface area contributed by atoms with Crippen molar-refractivity contribution in [2.75, 3.05) is 13.2 Å². The van der Waals surface area contributed by atoms with E-state index in [1.165, 1.54) is 6.07 Å². The molecule has 1 aliphatic heterocycles. The summed E-state index contributed by atoms with van der Waals surface area (Å²) in [7, 11) is -4.08. The number of benzene rings is 2. The summed E-state index contributed by atoms with van der Waals surface area (Å²) in [6.07, 6.45) is 3.45. The monoisotopic (exact) mass is 452 g/mol. The lowest BCUT2D eigenvalue weighted by Crippen LogP contribution is -2.39. The molecule has 2 fully saturated rings. The van der Waals surface area contributed by atoms with Gasteiger partial charge in [-0.2, -0.15) is 0 Å². The van der Waals surface area contributed by atoms with Crippen LogP contribution >= 0.6 is 0 Å². The first-order valence-electron chi connectivity index (χ1n) is 10.7. The summed E-state index contributed by atoms with van der Waals surface area (Å²) in [4.78, 5) is 17.6. The van der Waals surface area contributed by atoms with Gasteiger partial charge in [0, 0.05) is 23.6 Å². The number of aromatic nitrogens is 1. The molecule has 1 aromatic heterocycles. The van der Waals surface area contributed by atoms with E-state index < -0.39 is 21.3 Å². The van der Waals surface area contributed by atoms with Gasteiger partial charge in [-0.15, -0.1) is 0 Å². The van der Waals surface area contributed by atoms with Crippen LogP contribution in [0.25, 0.3) is 10.9 Å². The zero-order chi connectivity index (χ0) is 22.3. The first-order valence-corrected chi connectivity index (χ1v) is 12.1. The SMILES string of the molecule is Cc1ccc(O[C@@H]2CCOC2)c(C2(C(=O)NS(=O)(=O)c3cccc4ncccc34)CC2)c1. The van der Waals surface area contributed by atoms with E-state index in [0.717, 1.165) is 17.5 Å². The van der Waals surface area contributed by atoms with Crippen LogP contribution in [0.5, 0.6) is 5.75 Å². The van der Waals surface area contributed by atoms with Crippen molar-refractivity contribution in [2.24, 2.45) is 0 Å². The number of amides is 1. The molecule has 1 amide bonds. The van der Waals surface area contributed by atoms with Gasteiger partial charge in [-0.3, -0.25) is 9.78 Å². The molecule has 2 heterocycles. The fraction of sp³-hybridized carbons (Fsp3) is 0.333. The van der Waals surface area contributed by atoms with E-state index in [-0.39, 0.29) is 11.0 Å². The third-order valence-electron chi connectivity index (χ3n) is 6.14. The minimum absolute atomic E-state index is 0.0380. The molecule has 0 spiro atoms. The van der Waals surface area contributed by atoms with E-state index in [4.69, 9.17) is 9.47 Å². The molecule has 0 radical (unpaired) electrons. The van der Waals surface area contributed by atoms with Crippen molar-refractivity contribution >= 4 is 26.8 Å². The zero-order valence-corrected chi connectivity index (χ0v) is 18.5. The predicted octanol–water partition coefficient (Wildman–Crippen LogP) is 3.25. The van der Waals surface area contributed by atoms with Gasteiger partial charge < -0.3 is 9.47 Å². The van der Waals surface area contributed by atoms with Crippen LogP contribution in [0.3, 0.4) is 0 Å². The van der Waals surface area contributed by atoms with Gasteiger partial charge in [0.2, 0.25) is 5.91 Å². The summed E-state index contributed by atoms with van der Waals surface area (Å²) in [6.45, 7) is 3.10. The van der Waals surface area contributed by atoms with Crippen molar-refractivity contribution in [3.8, 4) is 5.75 Å². The van der Waals surface area contributed by atoms with Crippen LogP contribution in [-0.2, 0) is 25.0 Å². The molecule has 1 saturated carbocycles. The fourth-order valence-corrected chi connectivity index (χ4v) is 5.50. The number of nitrogens with zero attached hydrogens (tertiary/aromatic N) is 1. The summed E-state index contributed by atoms with van der Waals surface area (Å²) in [6, 6.07) is 13.9. The van der Waals surface area contributed by atoms with Crippen LogP contribution in [-0.4, -0.2) is 38.6 Å². The van der Waals surface area contributed by atoms with Crippen LogP contribution in [0.15, 0.2) is 59.6 Å². The molecule has 1 saturated heterocycles. The van der Waals surface area contributed by atoms with Gasteiger partial charge in [0.15, 0.2) is 0 Å². The Balaban J connectivity index is 1.46. The molecule has 8 heteroatoms. The van der Waals surface area contributed by atoms with E-state index in [1.807, 2.05) is 25.1 Å². The van der Waals surface area contributed by atoms with Gasteiger partial charge in [0.25, 0.3) is 10.0 Å². The molecule has 0 bridgehead atoms. The molecule has 1 N–H and O–H groups in total. The normalized spacial score (nSPS) is 19.6. The van der Waals surface area contributed by atoms with Crippen molar-refractivity contribution < 1.29 is 22.7 Å². The second-order valence-electron chi connectivity index (χ2n) is 8.45. The van der Waals surface area contributed by atoms with Crippen molar-refractivity contribution in [3.05, 3.63) is 65.9 Å². The molecule has 2 aliphatic rings. The lowest BCUT2D eigenvalue weighted by Gasteiger charge is -2.22. The third-order valence-corrected chi connectivity index (χ3v) is 7.53. The fourth-order valence-electron chi connectivity index (χ4n) is 4.23. The van der Waals surface area contributed by atoms with E-state index in [0.29, 0.717) is 42.7 Å². The molecule has 3 aromatic rings. The number of rotatable bonds is 6. The van der Waals surface area contributed by atoms with Gasteiger partial charge in [0.05, 0.1) is 29.0 Å². The molecular weight excluding hydrogens is 428 g/mol. The number of pyridine rings is 1. The number of nitrogens with one attached hydrogen (secondary N) is 1. The number of hydrogen-bond acceptors (Lipinski definition) is 6. The van der Waals surface area contributed by atoms with Crippen LogP contribution in [0.1, 0.15) is 30.4 Å². The maximum atomic E-state index is 13.4. The van der Waals surface area contributed by atoms with Gasteiger partial charge in [-0.05, 0) is 50.1 Å². The molecule has 7 nitrogen and oxygen atoms in total. The Morgan fingerprint density at radius 3 is 2.78 bits per heavy atom. The smallest absolute Gasteiger partial charge is 0.264 e. The Hall–Kier alpha value is -2.97. The van der Waals surface area contributed by atoms with E-state index in [9.17, 15) is 13.2 Å². The van der Waals surface area contributed by atoms with Crippen LogP contribution in [0, 0.1) is 6.92 Å². The maximum absolute atomic E-state index is 13.4. The number of carbonyl (C=O) groups excluding carboxylic acids is 1. The number of sulfonamides is 1. The standard InChI is InChI=1S/C24H24N2O5S/c1-16-7-8-21(31-17-9-13-30-15-17)19(14-16)24(10-11-24)23(27)26-32(28,29)22-6-2-5-20-18(22)4-3-12-25-20/h2-8,12,14,17H,9-11,13,15H2,1H3,(H,26,27)/t17-/m1/s1. The minimum Gasteiger partial charge on any atom is -0.488 e.